The molecule has 1 aromatic carbocycles. The molecule has 0 aliphatic carbocycles. The molecule has 0 spiro atoms. The number of hydrogen-bond donors (Lipinski definition) is 1. The molecule has 1 aliphatic rings. The van der Waals surface area contributed by atoms with Gasteiger partial charge in [0.1, 0.15) is 5.75 Å². The van der Waals surface area contributed by atoms with Gasteiger partial charge in [-0.25, -0.2) is 0 Å². The van der Waals surface area contributed by atoms with Gasteiger partial charge in [0.25, 0.3) is 0 Å². The zero-order valence-electron chi connectivity index (χ0n) is 9.73. The van der Waals surface area contributed by atoms with Crippen LogP contribution in [0.1, 0.15) is 31.2 Å². The van der Waals surface area contributed by atoms with Crippen molar-refractivity contribution >= 4 is 11.8 Å². The Kier molecular flexibility index (Phi) is 3.42. The summed E-state index contributed by atoms with van der Waals surface area (Å²) in [6.45, 7) is 2.55. The lowest BCUT2D eigenvalue weighted by molar-refractivity contribution is -0.134. The van der Waals surface area contributed by atoms with Gasteiger partial charge in [-0.2, -0.15) is 0 Å². The van der Waals surface area contributed by atoms with E-state index < -0.39 is 0 Å². The first kappa shape index (κ1) is 11.6. The highest BCUT2D eigenvalue weighted by atomic mass is 16.5. The van der Waals surface area contributed by atoms with E-state index in [1.165, 1.54) is 0 Å². The second kappa shape index (κ2) is 4.99. The molecule has 1 heterocycles. The summed E-state index contributed by atoms with van der Waals surface area (Å²) >= 11 is 0. The average molecular weight is 233 g/mol. The number of carbonyl (C=O) groups is 2. The van der Waals surface area contributed by atoms with Crippen molar-refractivity contribution in [2.24, 2.45) is 0 Å². The van der Waals surface area contributed by atoms with Crippen LogP contribution in [0, 0.1) is 0 Å². The highest BCUT2D eigenvalue weighted by molar-refractivity contribution is 6.00. The second-order valence-corrected chi connectivity index (χ2v) is 4.01. The number of ether oxygens (including phenoxy) is 1. The fraction of sp³-hybridized carbons (Fsp3) is 0.385. The van der Waals surface area contributed by atoms with E-state index in [4.69, 9.17) is 4.74 Å². The van der Waals surface area contributed by atoms with Crippen LogP contribution in [0.15, 0.2) is 24.3 Å². The van der Waals surface area contributed by atoms with Gasteiger partial charge in [-0.1, -0.05) is 12.1 Å². The molecule has 1 aromatic rings. The maximum absolute atomic E-state index is 11.7. The number of rotatable bonds is 3. The summed E-state index contributed by atoms with van der Waals surface area (Å²) in [5, 5.41) is 2.36. The Labute approximate surface area is 100.0 Å². The van der Waals surface area contributed by atoms with Gasteiger partial charge < -0.3 is 4.74 Å². The third-order valence-electron chi connectivity index (χ3n) is 2.83. The lowest BCUT2D eigenvalue weighted by Crippen LogP contribution is -2.39. The Hall–Kier alpha value is -1.84. The number of imide groups is 1. The van der Waals surface area contributed by atoms with Crippen molar-refractivity contribution in [2.45, 2.75) is 25.7 Å². The van der Waals surface area contributed by atoms with Crippen LogP contribution in [-0.4, -0.2) is 18.4 Å². The highest BCUT2D eigenvalue weighted by Crippen LogP contribution is 2.26. The van der Waals surface area contributed by atoms with Crippen molar-refractivity contribution in [3.63, 3.8) is 0 Å². The standard InChI is InChI=1S/C13H15NO3/c1-2-17-10-5-3-9(4-6-10)11-7-8-12(15)14-13(11)16/h3-6,11H,2,7-8H2,1H3,(H,14,15,16)/t11-/m1/s1. The summed E-state index contributed by atoms with van der Waals surface area (Å²) in [4.78, 5) is 22.7. The second-order valence-electron chi connectivity index (χ2n) is 4.01. The minimum Gasteiger partial charge on any atom is -0.494 e. The quantitative estimate of drug-likeness (QED) is 0.807. The van der Waals surface area contributed by atoms with Crippen LogP contribution in [0.4, 0.5) is 0 Å². The van der Waals surface area contributed by atoms with Crippen molar-refractivity contribution in [1.82, 2.24) is 5.32 Å². The van der Waals surface area contributed by atoms with Gasteiger partial charge in [0.05, 0.1) is 12.5 Å². The Morgan fingerprint density at radius 2 is 2.00 bits per heavy atom. The highest BCUT2D eigenvalue weighted by Gasteiger charge is 2.27. The van der Waals surface area contributed by atoms with E-state index in [-0.39, 0.29) is 17.7 Å². The molecule has 1 aliphatic heterocycles. The first-order valence-corrected chi connectivity index (χ1v) is 5.77. The molecular weight excluding hydrogens is 218 g/mol. The number of benzene rings is 1. The SMILES string of the molecule is CCOc1ccc([C@H]2CCC(=O)NC2=O)cc1. The molecule has 1 N–H and O–H groups in total. The predicted molar refractivity (Wildman–Crippen MR) is 62.7 cm³/mol. The van der Waals surface area contributed by atoms with E-state index in [2.05, 4.69) is 5.32 Å². The third kappa shape index (κ3) is 2.64. The van der Waals surface area contributed by atoms with Gasteiger partial charge in [0.15, 0.2) is 0 Å². The minimum absolute atomic E-state index is 0.183. The summed E-state index contributed by atoms with van der Waals surface area (Å²) in [5.74, 6) is 0.189. The maximum Gasteiger partial charge on any atom is 0.234 e. The molecule has 90 valence electrons. The molecule has 1 saturated heterocycles. The lowest BCUT2D eigenvalue weighted by Gasteiger charge is -2.21. The van der Waals surface area contributed by atoms with Crippen molar-refractivity contribution < 1.29 is 14.3 Å². The summed E-state index contributed by atoms with van der Waals surface area (Å²) in [6.07, 6.45) is 0.988. The number of piperidine rings is 1. The van der Waals surface area contributed by atoms with E-state index in [1.54, 1.807) is 0 Å². The molecular formula is C13H15NO3. The van der Waals surface area contributed by atoms with Gasteiger partial charge in [-0.15, -0.1) is 0 Å². The fourth-order valence-corrected chi connectivity index (χ4v) is 1.97. The monoisotopic (exact) mass is 233 g/mol. The molecule has 0 radical (unpaired) electrons. The molecule has 0 bridgehead atoms. The molecule has 2 rings (SSSR count). The molecule has 2 amide bonds. The topological polar surface area (TPSA) is 55.4 Å². The van der Waals surface area contributed by atoms with Crippen molar-refractivity contribution in [1.29, 1.82) is 0 Å². The third-order valence-corrected chi connectivity index (χ3v) is 2.83. The predicted octanol–water partition coefficient (Wildman–Crippen LogP) is 1.61. The van der Waals surface area contributed by atoms with Crippen LogP contribution in [-0.2, 0) is 9.59 Å². The molecule has 0 aromatic heterocycles. The molecule has 4 heteroatoms. The van der Waals surface area contributed by atoms with Gasteiger partial charge in [-0.05, 0) is 31.0 Å². The van der Waals surface area contributed by atoms with Crippen molar-refractivity contribution in [3.8, 4) is 5.75 Å². The van der Waals surface area contributed by atoms with E-state index in [0.717, 1.165) is 11.3 Å². The molecule has 4 nitrogen and oxygen atoms in total. The van der Waals surface area contributed by atoms with Gasteiger partial charge in [0, 0.05) is 6.42 Å². The van der Waals surface area contributed by atoms with Crippen molar-refractivity contribution in [2.75, 3.05) is 6.61 Å². The van der Waals surface area contributed by atoms with Crippen LogP contribution in [0.25, 0.3) is 0 Å². The van der Waals surface area contributed by atoms with Crippen LogP contribution in [0.2, 0.25) is 0 Å². The Balaban J connectivity index is 2.11. The number of amides is 2. The summed E-state index contributed by atoms with van der Waals surface area (Å²) in [5.41, 5.74) is 0.929. The average Bonchev–Trinajstić information content (AvgIpc) is 2.31. The first-order chi connectivity index (χ1) is 8.20. The number of nitrogens with one attached hydrogen (secondary N) is 1. The zero-order valence-corrected chi connectivity index (χ0v) is 9.73. The fourth-order valence-electron chi connectivity index (χ4n) is 1.97. The van der Waals surface area contributed by atoms with Crippen LogP contribution in [0.5, 0.6) is 5.75 Å². The Morgan fingerprint density at radius 3 is 2.59 bits per heavy atom. The smallest absolute Gasteiger partial charge is 0.234 e. The zero-order chi connectivity index (χ0) is 12.3. The Bertz CT molecular complexity index is 425. The number of carbonyl (C=O) groups excluding carboxylic acids is 2. The van der Waals surface area contributed by atoms with E-state index in [1.807, 2.05) is 31.2 Å². The van der Waals surface area contributed by atoms with Gasteiger partial charge >= 0.3 is 0 Å². The molecule has 1 fully saturated rings. The molecule has 0 unspecified atom stereocenters. The number of hydrogen-bond acceptors (Lipinski definition) is 3. The van der Waals surface area contributed by atoms with E-state index >= 15 is 0 Å². The minimum atomic E-state index is -0.219. The molecule has 0 saturated carbocycles. The summed E-state index contributed by atoms with van der Waals surface area (Å²) in [6, 6.07) is 7.46. The van der Waals surface area contributed by atoms with Crippen LogP contribution < -0.4 is 10.1 Å². The maximum atomic E-state index is 11.7. The summed E-state index contributed by atoms with van der Waals surface area (Å²) in [7, 11) is 0. The van der Waals surface area contributed by atoms with E-state index in [9.17, 15) is 9.59 Å². The Morgan fingerprint density at radius 1 is 1.29 bits per heavy atom. The normalized spacial score (nSPS) is 19.9. The summed E-state index contributed by atoms with van der Waals surface area (Å²) < 4.78 is 5.34. The van der Waals surface area contributed by atoms with Gasteiger partial charge in [-0.3, -0.25) is 14.9 Å². The lowest BCUT2D eigenvalue weighted by atomic mass is 9.90. The van der Waals surface area contributed by atoms with E-state index in [0.29, 0.717) is 19.4 Å². The molecule has 1 atom stereocenters. The van der Waals surface area contributed by atoms with Crippen LogP contribution in [0.3, 0.4) is 0 Å². The van der Waals surface area contributed by atoms with Gasteiger partial charge in [0.2, 0.25) is 11.8 Å². The molecule has 17 heavy (non-hydrogen) atoms. The first-order valence-electron chi connectivity index (χ1n) is 5.77. The van der Waals surface area contributed by atoms with Crippen LogP contribution >= 0.6 is 0 Å². The largest absolute Gasteiger partial charge is 0.494 e. The van der Waals surface area contributed by atoms with Crippen molar-refractivity contribution in [3.05, 3.63) is 29.8 Å².